The fourth-order valence-electron chi connectivity index (χ4n) is 1.60. The second kappa shape index (κ2) is 8.53. The zero-order valence-corrected chi connectivity index (χ0v) is 12.6. The van der Waals surface area contributed by atoms with Crippen LogP contribution in [0.3, 0.4) is 0 Å². The highest BCUT2D eigenvalue weighted by Crippen LogP contribution is 2.03. The Hall–Kier alpha value is -0.620. The quantitative estimate of drug-likeness (QED) is 0.708. The average molecular weight is 306 g/mol. The fraction of sp³-hybridized carbons (Fsp3) is 0.538. The summed E-state index contributed by atoms with van der Waals surface area (Å²) in [6.07, 6.45) is 1.07. The monoisotopic (exact) mass is 305 g/mol. The Kier molecular flexibility index (Phi) is 7.38. The molecule has 1 N–H and O–H groups in total. The van der Waals surface area contributed by atoms with Crippen molar-refractivity contribution in [1.29, 1.82) is 0 Å². The van der Waals surface area contributed by atoms with Crippen molar-refractivity contribution < 1.29 is 13.2 Å². The van der Waals surface area contributed by atoms with Crippen molar-refractivity contribution in [1.82, 2.24) is 4.72 Å². The predicted octanol–water partition coefficient (Wildman–Crippen LogP) is 1.79. The van der Waals surface area contributed by atoms with Gasteiger partial charge in [-0.25, -0.2) is 13.1 Å². The first-order valence-electron chi connectivity index (χ1n) is 6.18. The van der Waals surface area contributed by atoms with E-state index in [0.29, 0.717) is 26.0 Å². The highest BCUT2D eigenvalue weighted by atomic mass is 35.5. The summed E-state index contributed by atoms with van der Waals surface area (Å²) in [6.45, 7) is 0.766. The first-order chi connectivity index (χ1) is 9.03. The van der Waals surface area contributed by atoms with Gasteiger partial charge in [0.15, 0.2) is 0 Å². The van der Waals surface area contributed by atoms with Crippen LogP contribution in [0.5, 0.6) is 0 Å². The molecule has 19 heavy (non-hydrogen) atoms. The van der Waals surface area contributed by atoms with Crippen LogP contribution in [0.15, 0.2) is 30.3 Å². The number of sulfonamides is 1. The van der Waals surface area contributed by atoms with Crippen LogP contribution in [-0.2, 0) is 21.2 Å². The number of benzene rings is 1. The third-order valence-corrected chi connectivity index (χ3v) is 4.36. The SMILES string of the molecule is COCC(Cl)CCNS(=O)(=O)CCc1ccccc1. The molecule has 6 heteroatoms. The molecule has 0 aliphatic heterocycles. The molecule has 0 fully saturated rings. The van der Waals surface area contributed by atoms with Crippen LogP contribution >= 0.6 is 11.6 Å². The van der Waals surface area contributed by atoms with E-state index in [9.17, 15) is 8.42 Å². The summed E-state index contributed by atoms with van der Waals surface area (Å²) in [6, 6.07) is 9.55. The smallest absolute Gasteiger partial charge is 0.211 e. The van der Waals surface area contributed by atoms with Crippen molar-refractivity contribution in [2.45, 2.75) is 18.2 Å². The minimum Gasteiger partial charge on any atom is -0.383 e. The van der Waals surface area contributed by atoms with Crippen molar-refractivity contribution in [2.24, 2.45) is 0 Å². The molecule has 0 aromatic heterocycles. The maximum absolute atomic E-state index is 11.8. The third kappa shape index (κ3) is 7.52. The van der Waals surface area contributed by atoms with Crippen molar-refractivity contribution in [3.8, 4) is 0 Å². The van der Waals surface area contributed by atoms with Crippen LogP contribution in [0.25, 0.3) is 0 Å². The lowest BCUT2D eigenvalue weighted by atomic mass is 10.2. The normalized spacial score (nSPS) is 13.4. The van der Waals surface area contributed by atoms with E-state index >= 15 is 0 Å². The minimum absolute atomic E-state index is 0.0915. The number of ether oxygens (including phenoxy) is 1. The fourth-order valence-corrected chi connectivity index (χ4v) is 2.92. The summed E-state index contributed by atoms with van der Waals surface area (Å²) in [4.78, 5) is 0. The lowest BCUT2D eigenvalue weighted by molar-refractivity contribution is 0.196. The molecule has 0 heterocycles. The van der Waals surface area contributed by atoms with Gasteiger partial charge in [0.2, 0.25) is 10.0 Å². The molecule has 0 bridgehead atoms. The molecular formula is C13H20ClNO3S. The van der Waals surface area contributed by atoms with Gasteiger partial charge in [-0.1, -0.05) is 30.3 Å². The molecule has 0 amide bonds. The van der Waals surface area contributed by atoms with E-state index < -0.39 is 10.0 Å². The molecule has 0 saturated heterocycles. The number of hydrogen-bond acceptors (Lipinski definition) is 3. The van der Waals surface area contributed by atoms with Crippen LogP contribution in [0.2, 0.25) is 0 Å². The molecule has 0 radical (unpaired) electrons. The van der Waals surface area contributed by atoms with Crippen molar-refractivity contribution >= 4 is 21.6 Å². The lowest BCUT2D eigenvalue weighted by Gasteiger charge is -2.10. The summed E-state index contributed by atoms with van der Waals surface area (Å²) in [5.74, 6) is 0.0915. The van der Waals surface area contributed by atoms with Crippen LogP contribution < -0.4 is 4.72 Å². The van der Waals surface area contributed by atoms with E-state index in [0.717, 1.165) is 5.56 Å². The van der Waals surface area contributed by atoms with Gasteiger partial charge < -0.3 is 4.74 Å². The summed E-state index contributed by atoms with van der Waals surface area (Å²) >= 11 is 5.92. The number of aryl methyl sites for hydroxylation is 1. The maximum atomic E-state index is 11.8. The maximum Gasteiger partial charge on any atom is 0.211 e. The number of hydrogen-bond donors (Lipinski definition) is 1. The molecule has 108 valence electrons. The molecule has 0 spiro atoms. The van der Waals surface area contributed by atoms with E-state index in [4.69, 9.17) is 16.3 Å². The van der Waals surface area contributed by atoms with E-state index in [1.807, 2.05) is 30.3 Å². The number of halogens is 1. The molecule has 0 saturated carbocycles. The zero-order chi connectivity index (χ0) is 14.1. The molecule has 1 aromatic rings. The molecule has 1 rings (SSSR count). The summed E-state index contributed by atoms with van der Waals surface area (Å²) in [5, 5.41) is -0.165. The Morgan fingerprint density at radius 1 is 1.32 bits per heavy atom. The topological polar surface area (TPSA) is 55.4 Å². The largest absolute Gasteiger partial charge is 0.383 e. The first kappa shape index (κ1) is 16.4. The van der Waals surface area contributed by atoms with Gasteiger partial charge in [0.25, 0.3) is 0 Å². The molecule has 1 unspecified atom stereocenters. The second-order valence-corrected chi connectivity index (χ2v) is 6.83. The highest BCUT2D eigenvalue weighted by Gasteiger charge is 2.11. The van der Waals surface area contributed by atoms with Crippen LogP contribution in [0, 0.1) is 0 Å². The second-order valence-electron chi connectivity index (χ2n) is 4.29. The van der Waals surface area contributed by atoms with Crippen LogP contribution in [0.1, 0.15) is 12.0 Å². The molecule has 4 nitrogen and oxygen atoms in total. The number of nitrogens with one attached hydrogen (secondary N) is 1. The summed E-state index contributed by atoms with van der Waals surface area (Å²) in [5.41, 5.74) is 1.02. The Balaban J connectivity index is 2.28. The van der Waals surface area contributed by atoms with Gasteiger partial charge in [0.05, 0.1) is 17.7 Å². The van der Waals surface area contributed by atoms with Gasteiger partial charge in [-0.15, -0.1) is 11.6 Å². The standard InChI is InChI=1S/C13H20ClNO3S/c1-18-11-13(14)7-9-15-19(16,17)10-8-12-5-3-2-4-6-12/h2-6,13,15H,7-11H2,1H3. The zero-order valence-electron chi connectivity index (χ0n) is 11.0. The van der Waals surface area contributed by atoms with E-state index in [1.54, 1.807) is 7.11 Å². The van der Waals surface area contributed by atoms with Crippen molar-refractivity contribution in [2.75, 3.05) is 26.0 Å². The number of methoxy groups -OCH3 is 1. The van der Waals surface area contributed by atoms with E-state index in [-0.39, 0.29) is 11.1 Å². The third-order valence-electron chi connectivity index (χ3n) is 2.63. The van der Waals surface area contributed by atoms with Crippen LogP contribution in [-0.4, -0.2) is 39.8 Å². The van der Waals surface area contributed by atoms with Gasteiger partial charge in [-0.2, -0.15) is 0 Å². The predicted molar refractivity (Wildman–Crippen MR) is 78.1 cm³/mol. The van der Waals surface area contributed by atoms with Gasteiger partial charge in [0.1, 0.15) is 0 Å². The molecule has 1 aromatic carbocycles. The van der Waals surface area contributed by atoms with Gasteiger partial charge >= 0.3 is 0 Å². The van der Waals surface area contributed by atoms with Crippen molar-refractivity contribution in [3.63, 3.8) is 0 Å². The summed E-state index contributed by atoms with van der Waals surface area (Å²) in [7, 11) is -1.67. The lowest BCUT2D eigenvalue weighted by Crippen LogP contribution is -2.30. The van der Waals surface area contributed by atoms with Gasteiger partial charge in [0, 0.05) is 13.7 Å². The molecule has 1 atom stereocenters. The van der Waals surface area contributed by atoms with Gasteiger partial charge in [-0.3, -0.25) is 0 Å². The molecule has 0 aliphatic rings. The Labute approximate surface area is 120 Å². The number of alkyl halides is 1. The van der Waals surface area contributed by atoms with Gasteiger partial charge in [-0.05, 0) is 18.4 Å². The molecule has 0 aliphatic carbocycles. The minimum atomic E-state index is -3.24. The number of rotatable bonds is 9. The Morgan fingerprint density at radius 2 is 2.00 bits per heavy atom. The first-order valence-corrected chi connectivity index (χ1v) is 8.26. The molecular weight excluding hydrogens is 286 g/mol. The Morgan fingerprint density at radius 3 is 2.63 bits per heavy atom. The van der Waals surface area contributed by atoms with Crippen LogP contribution in [0.4, 0.5) is 0 Å². The Bertz CT molecular complexity index is 450. The van der Waals surface area contributed by atoms with E-state index in [2.05, 4.69) is 4.72 Å². The highest BCUT2D eigenvalue weighted by molar-refractivity contribution is 7.89. The van der Waals surface area contributed by atoms with Crippen molar-refractivity contribution in [3.05, 3.63) is 35.9 Å². The average Bonchev–Trinajstić information content (AvgIpc) is 2.38. The summed E-state index contributed by atoms with van der Waals surface area (Å²) < 4.78 is 30.9. The van der Waals surface area contributed by atoms with E-state index in [1.165, 1.54) is 0 Å².